The number of H-pyrrole nitrogens is 2. The highest BCUT2D eigenvalue weighted by molar-refractivity contribution is 6.13. The molecule has 0 spiro atoms. The van der Waals surface area contributed by atoms with Crippen LogP contribution in [0.2, 0.25) is 0 Å². The van der Waals surface area contributed by atoms with Gasteiger partial charge in [-0.25, -0.2) is 13.8 Å². The van der Waals surface area contributed by atoms with Crippen LogP contribution in [0, 0.1) is 11.6 Å². The van der Waals surface area contributed by atoms with Crippen molar-refractivity contribution in [1.82, 2.24) is 30.0 Å². The van der Waals surface area contributed by atoms with Crippen LogP contribution in [0.5, 0.6) is 0 Å². The van der Waals surface area contributed by atoms with Gasteiger partial charge in [0.2, 0.25) is 0 Å². The molecule has 0 saturated carbocycles. The molecule has 2 aromatic carbocycles. The Hall–Kier alpha value is -4.90. The van der Waals surface area contributed by atoms with Gasteiger partial charge in [0.15, 0.2) is 11.6 Å². The first-order chi connectivity index (χ1) is 22.6. The molecule has 11 heteroatoms. The van der Waals surface area contributed by atoms with Crippen molar-refractivity contribution in [2.45, 2.75) is 46.0 Å². The summed E-state index contributed by atoms with van der Waals surface area (Å²) in [6, 6.07) is 10.1. The van der Waals surface area contributed by atoms with Gasteiger partial charge in [-0.1, -0.05) is 33.8 Å². The normalized spacial score (nSPS) is 12.0. The lowest BCUT2D eigenvalue weighted by molar-refractivity contribution is 0.425. The van der Waals surface area contributed by atoms with Crippen LogP contribution in [-0.2, 0) is 0 Å². The first-order valence-electron chi connectivity index (χ1n) is 15.9. The molecule has 0 atom stereocenters. The zero-order chi connectivity index (χ0) is 33.7. The molecular weight excluding hydrogens is 596 g/mol. The number of hydrogen-bond acceptors (Lipinski definition) is 7. The van der Waals surface area contributed by atoms with Gasteiger partial charge in [0.05, 0.1) is 17.6 Å². The topological polar surface area (TPSA) is 110 Å². The number of hydrogen-bond donors (Lipinski definition) is 4. The average Bonchev–Trinajstić information content (AvgIpc) is 3.65. The predicted molar refractivity (Wildman–Crippen MR) is 188 cm³/mol. The number of benzene rings is 2. The zero-order valence-electron chi connectivity index (χ0n) is 27.9. The third-order valence-electron chi connectivity index (χ3n) is 7.89. The average molecular weight is 640 g/mol. The maximum absolute atomic E-state index is 15.5. The number of aliphatic imine (C=N–C) groups is 1. The molecule has 246 valence electrons. The summed E-state index contributed by atoms with van der Waals surface area (Å²) >= 11 is 0. The zero-order valence-corrected chi connectivity index (χ0v) is 27.9. The number of fused-ring (bicyclic) bond motifs is 1. The van der Waals surface area contributed by atoms with Gasteiger partial charge in [-0.3, -0.25) is 15.1 Å². The van der Waals surface area contributed by atoms with E-state index in [1.165, 1.54) is 18.2 Å². The Morgan fingerprint density at radius 1 is 1.04 bits per heavy atom. The number of anilines is 2. The Morgan fingerprint density at radius 3 is 2.57 bits per heavy atom. The van der Waals surface area contributed by atoms with Crippen LogP contribution < -0.4 is 10.6 Å². The quantitative estimate of drug-likeness (QED) is 0.0918. The Bertz CT molecular complexity index is 1900. The van der Waals surface area contributed by atoms with Gasteiger partial charge in [-0.2, -0.15) is 5.10 Å². The summed E-state index contributed by atoms with van der Waals surface area (Å²) < 4.78 is 30.4. The fraction of sp³-hybridized carbons (Fsp3) is 0.333. The van der Waals surface area contributed by atoms with Crippen LogP contribution in [0.4, 0.5) is 20.2 Å². The molecule has 0 aliphatic rings. The number of rotatable bonds is 14. The van der Waals surface area contributed by atoms with Crippen molar-refractivity contribution in [2.75, 3.05) is 44.9 Å². The second-order valence-electron chi connectivity index (χ2n) is 12.3. The number of nitrogens with zero attached hydrogens (tertiary/aromatic N) is 5. The molecule has 5 rings (SSSR count). The maximum Gasteiger partial charge on any atom is 0.157 e. The number of nitrogens with one attached hydrogen (secondary N) is 4. The molecule has 9 nitrogen and oxygen atoms in total. The lowest BCUT2D eigenvalue weighted by Gasteiger charge is -2.13. The molecular formula is C36H43F2N9. The van der Waals surface area contributed by atoms with E-state index in [2.05, 4.69) is 54.2 Å². The molecule has 0 aliphatic carbocycles. The van der Waals surface area contributed by atoms with Crippen LogP contribution in [0.1, 0.15) is 62.9 Å². The minimum Gasteiger partial charge on any atom is -0.384 e. The molecule has 0 saturated heterocycles. The van der Waals surface area contributed by atoms with Crippen LogP contribution in [0.3, 0.4) is 0 Å². The molecule has 0 bridgehead atoms. The van der Waals surface area contributed by atoms with E-state index in [-0.39, 0.29) is 17.3 Å². The SMILES string of the molecule is C=C(CCCC)Nc1cncc(-c2cc(F)c3n[nH]c(-c4nc(C(=NC)c5cc(F)cc(NCCN(C)C)c5)c(C(C)C)[nH]4)c3c2)c1. The van der Waals surface area contributed by atoms with E-state index < -0.39 is 5.82 Å². The summed E-state index contributed by atoms with van der Waals surface area (Å²) in [5.41, 5.74) is 7.02. The number of pyridine rings is 1. The van der Waals surface area contributed by atoms with Gasteiger partial charge in [-0.15, -0.1) is 0 Å². The number of likely N-dealkylation sites (N-methyl/N-ethyl adjacent to an activating group) is 1. The molecule has 0 amide bonds. The second-order valence-corrected chi connectivity index (χ2v) is 12.3. The standard InChI is InChI=1S/C36H43F2N9/c1-8-9-10-22(4)42-28-15-25(19-40-20-28)23-16-29-33(30(38)17-23)45-46-34(29)36-43-31(21(2)3)35(44-36)32(39-5)24-13-26(37)18-27(14-24)41-11-12-47(6)7/h13-21,41-42H,4,8-12H2,1-3,5-7H3,(H,43,44)(H,45,46). The van der Waals surface area contributed by atoms with E-state index in [0.717, 1.165) is 48.4 Å². The Balaban J connectivity index is 1.53. The third-order valence-corrected chi connectivity index (χ3v) is 7.89. The van der Waals surface area contributed by atoms with Gasteiger partial charge in [0.25, 0.3) is 0 Å². The van der Waals surface area contributed by atoms with E-state index in [1.807, 2.05) is 46.1 Å². The van der Waals surface area contributed by atoms with Crippen LogP contribution in [0.15, 0.2) is 66.1 Å². The Labute approximate surface area is 274 Å². The lowest BCUT2D eigenvalue weighted by Crippen LogP contribution is -2.21. The van der Waals surface area contributed by atoms with Gasteiger partial charge in [0, 0.05) is 59.9 Å². The number of halogens is 2. The van der Waals surface area contributed by atoms with Crippen molar-refractivity contribution in [2.24, 2.45) is 4.99 Å². The van der Waals surface area contributed by atoms with E-state index in [9.17, 15) is 4.39 Å². The summed E-state index contributed by atoms with van der Waals surface area (Å²) in [6.07, 6.45) is 6.41. The third kappa shape index (κ3) is 7.74. The summed E-state index contributed by atoms with van der Waals surface area (Å²) in [5.74, 6) is -0.333. The predicted octanol–water partition coefficient (Wildman–Crippen LogP) is 7.97. The molecule has 0 radical (unpaired) electrons. The molecule has 47 heavy (non-hydrogen) atoms. The number of aromatic amines is 2. The highest BCUT2D eigenvalue weighted by Crippen LogP contribution is 2.34. The fourth-order valence-corrected chi connectivity index (χ4v) is 5.47. The van der Waals surface area contributed by atoms with E-state index in [0.29, 0.717) is 51.7 Å². The molecule has 5 aromatic rings. The van der Waals surface area contributed by atoms with Gasteiger partial charge < -0.3 is 20.5 Å². The van der Waals surface area contributed by atoms with Crippen molar-refractivity contribution >= 4 is 28.0 Å². The van der Waals surface area contributed by atoms with E-state index >= 15 is 4.39 Å². The van der Waals surface area contributed by atoms with Crippen molar-refractivity contribution in [1.29, 1.82) is 0 Å². The Kier molecular flexibility index (Phi) is 10.5. The molecule has 3 heterocycles. The number of aromatic nitrogens is 5. The highest BCUT2D eigenvalue weighted by atomic mass is 19.1. The van der Waals surface area contributed by atoms with Crippen molar-refractivity contribution in [3.63, 3.8) is 0 Å². The number of unbranched alkanes of at least 4 members (excludes halogenated alkanes) is 1. The van der Waals surface area contributed by atoms with Gasteiger partial charge in [0.1, 0.15) is 22.7 Å². The van der Waals surface area contributed by atoms with E-state index in [4.69, 9.17) is 4.98 Å². The largest absolute Gasteiger partial charge is 0.384 e. The monoisotopic (exact) mass is 639 g/mol. The van der Waals surface area contributed by atoms with Crippen LogP contribution in [-0.4, -0.2) is 70.0 Å². The van der Waals surface area contributed by atoms with Crippen molar-refractivity contribution in [3.05, 3.63) is 89.7 Å². The fourth-order valence-electron chi connectivity index (χ4n) is 5.47. The molecule has 0 unspecified atom stereocenters. The maximum atomic E-state index is 15.5. The van der Waals surface area contributed by atoms with Gasteiger partial charge >= 0.3 is 0 Å². The summed E-state index contributed by atoms with van der Waals surface area (Å²) in [7, 11) is 5.64. The van der Waals surface area contributed by atoms with Crippen molar-refractivity contribution < 1.29 is 8.78 Å². The first-order valence-corrected chi connectivity index (χ1v) is 15.9. The summed E-state index contributed by atoms with van der Waals surface area (Å²) in [6.45, 7) is 11.8. The van der Waals surface area contributed by atoms with Crippen LogP contribution >= 0.6 is 0 Å². The smallest absolute Gasteiger partial charge is 0.157 e. The highest BCUT2D eigenvalue weighted by Gasteiger charge is 2.23. The van der Waals surface area contributed by atoms with E-state index in [1.54, 1.807) is 19.4 Å². The minimum atomic E-state index is -0.466. The summed E-state index contributed by atoms with van der Waals surface area (Å²) in [4.78, 5) is 19.4. The van der Waals surface area contributed by atoms with Crippen LogP contribution in [0.25, 0.3) is 33.5 Å². The Morgan fingerprint density at radius 2 is 1.85 bits per heavy atom. The summed E-state index contributed by atoms with van der Waals surface area (Å²) in [5, 5.41) is 14.5. The molecule has 3 aromatic heterocycles. The van der Waals surface area contributed by atoms with Crippen molar-refractivity contribution in [3.8, 4) is 22.6 Å². The van der Waals surface area contributed by atoms with Gasteiger partial charge in [-0.05, 0) is 74.8 Å². The lowest BCUT2D eigenvalue weighted by atomic mass is 10.0. The number of allylic oxidation sites excluding steroid dienone is 1. The minimum absolute atomic E-state index is 0.0316. The first kappa shape index (κ1) is 33.5. The molecule has 4 N–H and O–H groups in total. The second kappa shape index (κ2) is 14.7. The molecule has 0 fully saturated rings. The molecule has 0 aliphatic heterocycles. The number of imidazole rings is 1.